The van der Waals surface area contributed by atoms with E-state index in [9.17, 15) is 4.39 Å². The molecule has 3 N–H and O–H groups in total. The Hall–Kier alpha value is -0.930. The lowest BCUT2D eigenvalue weighted by Gasteiger charge is -2.17. The molecule has 0 heterocycles. The summed E-state index contributed by atoms with van der Waals surface area (Å²) in [6.07, 6.45) is 3.07. The second kappa shape index (κ2) is 6.61. The summed E-state index contributed by atoms with van der Waals surface area (Å²) in [6.45, 7) is 4.38. The zero-order valence-corrected chi connectivity index (χ0v) is 10.0. The molecule has 0 radical (unpaired) electrons. The lowest BCUT2D eigenvalue weighted by atomic mass is 9.98. The van der Waals surface area contributed by atoms with Crippen molar-refractivity contribution in [2.45, 2.75) is 39.2 Å². The van der Waals surface area contributed by atoms with Gasteiger partial charge in [-0.05, 0) is 18.4 Å². The van der Waals surface area contributed by atoms with Crippen molar-refractivity contribution in [3.8, 4) is 0 Å². The molecule has 1 aromatic rings. The Bertz CT molecular complexity index is 313. The van der Waals surface area contributed by atoms with Crippen LogP contribution in [-0.4, -0.2) is 0 Å². The average molecular weight is 224 g/mol. The quantitative estimate of drug-likeness (QED) is 0.575. The number of hydrazine groups is 1. The topological polar surface area (TPSA) is 38.0 Å². The van der Waals surface area contributed by atoms with E-state index in [0.717, 1.165) is 19.3 Å². The van der Waals surface area contributed by atoms with Gasteiger partial charge < -0.3 is 0 Å². The Morgan fingerprint density at radius 1 is 1.25 bits per heavy atom. The first-order valence-corrected chi connectivity index (χ1v) is 5.85. The van der Waals surface area contributed by atoms with E-state index in [0.29, 0.717) is 11.5 Å². The Balaban J connectivity index is 2.57. The predicted octanol–water partition coefficient (Wildman–Crippen LogP) is 3.16. The van der Waals surface area contributed by atoms with Crippen molar-refractivity contribution in [1.29, 1.82) is 0 Å². The summed E-state index contributed by atoms with van der Waals surface area (Å²) in [5.41, 5.74) is 3.35. The zero-order chi connectivity index (χ0) is 12.0. The van der Waals surface area contributed by atoms with Crippen LogP contribution in [0.25, 0.3) is 0 Å². The summed E-state index contributed by atoms with van der Waals surface area (Å²) in [6, 6.07) is 6.71. The number of rotatable bonds is 6. The van der Waals surface area contributed by atoms with Gasteiger partial charge in [-0.25, -0.2) is 4.39 Å². The van der Waals surface area contributed by atoms with E-state index in [1.165, 1.54) is 6.07 Å². The van der Waals surface area contributed by atoms with E-state index in [2.05, 4.69) is 19.3 Å². The summed E-state index contributed by atoms with van der Waals surface area (Å²) in [7, 11) is 0. The third-order valence-corrected chi connectivity index (χ3v) is 2.76. The molecule has 0 saturated carbocycles. The molecule has 0 bridgehead atoms. The SMILES string of the molecule is CC(C)CCCC(NN)c1ccccc1F. The van der Waals surface area contributed by atoms with Crippen LogP contribution in [0.1, 0.15) is 44.7 Å². The highest BCUT2D eigenvalue weighted by atomic mass is 19.1. The normalized spacial score (nSPS) is 13.1. The number of nitrogens with two attached hydrogens (primary N) is 1. The van der Waals surface area contributed by atoms with Gasteiger partial charge in [0.2, 0.25) is 0 Å². The van der Waals surface area contributed by atoms with Gasteiger partial charge in [0, 0.05) is 11.6 Å². The second-order valence-electron chi connectivity index (χ2n) is 4.57. The minimum Gasteiger partial charge on any atom is -0.271 e. The molecule has 0 spiro atoms. The average Bonchev–Trinajstić information content (AvgIpc) is 2.25. The summed E-state index contributed by atoms with van der Waals surface area (Å²) < 4.78 is 13.5. The van der Waals surface area contributed by atoms with Gasteiger partial charge in [0.25, 0.3) is 0 Å². The van der Waals surface area contributed by atoms with Crippen molar-refractivity contribution in [3.05, 3.63) is 35.6 Å². The van der Waals surface area contributed by atoms with Crippen molar-refractivity contribution in [2.75, 3.05) is 0 Å². The van der Waals surface area contributed by atoms with Crippen LogP contribution in [0.5, 0.6) is 0 Å². The molecule has 0 aromatic heterocycles. The molecule has 0 fully saturated rings. The van der Waals surface area contributed by atoms with Gasteiger partial charge in [-0.3, -0.25) is 11.3 Å². The number of halogens is 1. The van der Waals surface area contributed by atoms with Crippen LogP contribution in [0.4, 0.5) is 4.39 Å². The number of hydrogen-bond donors (Lipinski definition) is 2. The largest absolute Gasteiger partial charge is 0.271 e. The third kappa shape index (κ3) is 3.91. The summed E-state index contributed by atoms with van der Waals surface area (Å²) >= 11 is 0. The van der Waals surface area contributed by atoms with Gasteiger partial charge in [0.1, 0.15) is 5.82 Å². The summed E-state index contributed by atoms with van der Waals surface area (Å²) in [4.78, 5) is 0. The molecule has 0 aliphatic carbocycles. The second-order valence-corrected chi connectivity index (χ2v) is 4.57. The molecule has 0 aliphatic heterocycles. The molecular weight excluding hydrogens is 203 g/mol. The fourth-order valence-corrected chi connectivity index (χ4v) is 1.82. The van der Waals surface area contributed by atoms with Crippen molar-refractivity contribution in [1.82, 2.24) is 5.43 Å². The predicted molar refractivity (Wildman–Crippen MR) is 65.2 cm³/mol. The fraction of sp³-hybridized carbons (Fsp3) is 0.538. The Morgan fingerprint density at radius 2 is 1.94 bits per heavy atom. The Labute approximate surface area is 97.0 Å². The first kappa shape index (κ1) is 13.1. The van der Waals surface area contributed by atoms with Crippen LogP contribution < -0.4 is 11.3 Å². The molecular formula is C13H21FN2. The van der Waals surface area contributed by atoms with Crippen LogP contribution in [0, 0.1) is 11.7 Å². The molecule has 0 amide bonds. The molecule has 0 aliphatic rings. The van der Waals surface area contributed by atoms with Gasteiger partial charge >= 0.3 is 0 Å². The lowest BCUT2D eigenvalue weighted by Crippen LogP contribution is -2.28. The maximum atomic E-state index is 13.5. The summed E-state index contributed by atoms with van der Waals surface area (Å²) in [5.74, 6) is 5.97. The Kier molecular flexibility index (Phi) is 5.43. The van der Waals surface area contributed by atoms with Crippen LogP contribution >= 0.6 is 0 Å². The van der Waals surface area contributed by atoms with Crippen molar-refractivity contribution in [2.24, 2.45) is 11.8 Å². The maximum Gasteiger partial charge on any atom is 0.128 e. The fourth-order valence-electron chi connectivity index (χ4n) is 1.82. The van der Waals surface area contributed by atoms with Gasteiger partial charge in [-0.1, -0.05) is 44.9 Å². The standard InChI is InChI=1S/C13H21FN2/c1-10(2)6-5-9-13(16-15)11-7-3-4-8-12(11)14/h3-4,7-8,10,13,16H,5-6,9,15H2,1-2H3. The van der Waals surface area contributed by atoms with Crippen molar-refractivity contribution < 1.29 is 4.39 Å². The number of hydrogen-bond acceptors (Lipinski definition) is 2. The van der Waals surface area contributed by atoms with E-state index in [1.54, 1.807) is 12.1 Å². The minimum atomic E-state index is -0.185. The van der Waals surface area contributed by atoms with Crippen LogP contribution in [0.15, 0.2) is 24.3 Å². The molecule has 2 nitrogen and oxygen atoms in total. The monoisotopic (exact) mass is 224 g/mol. The van der Waals surface area contributed by atoms with E-state index >= 15 is 0 Å². The molecule has 16 heavy (non-hydrogen) atoms. The number of benzene rings is 1. The van der Waals surface area contributed by atoms with E-state index in [4.69, 9.17) is 5.84 Å². The molecule has 0 saturated heterocycles. The minimum absolute atomic E-state index is 0.0834. The third-order valence-electron chi connectivity index (χ3n) is 2.76. The zero-order valence-electron chi connectivity index (χ0n) is 10.0. The molecule has 90 valence electrons. The van der Waals surface area contributed by atoms with Crippen molar-refractivity contribution in [3.63, 3.8) is 0 Å². The van der Waals surface area contributed by atoms with E-state index < -0.39 is 0 Å². The van der Waals surface area contributed by atoms with Crippen LogP contribution in [0.2, 0.25) is 0 Å². The lowest BCUT2D eigenvalue weighted by molar-refractivity contribution is 0.441. The van der Waals surface area contributed by atoms with Crippen LogP contribution in [-0.2, 0) is 0 Å². The maximum absolute atomic E-state index is 13.5. The molecule has 1 rings (SSSR count). The van der Waals surface area contributed by atoms with E-state index in [1.807, 2.05) is 6.07 Å². The highest BCUT2D eigenvalue weighted by molar-refractivity contribution is 5.20. The van der Waals surface area contributed by atoms with Crippen molar-refractivity contribution >= 4 is 0 Å². The molecule has 3 heteroatoms. The van der Waals surface area contributed by atoms with Crippen LogP contribution in [0.3, 0.4) is 0 Å². The first-order valence-electron chi connectivity index (χ1n) is 5.85. The van der Waals surface area contributed by atoms with Gasteiger partial charge in [0.05, 0.1) is 0 Å². The highest BCUT2D eigenvalue weighted by Crippen LogP contribution is 2.22. The molecule has 1 aromatic carbocycles. The summed E-state index contributed by atoms with van der Waals surface area (Å²) in [5, 5.41) is 0. The smallest absolute Gasteiger partial charge is 0.128 e. The Morgan fingerprint density at radius 3 is 2.50 bits per heavy atom. The number of nitrogens with one attached hydrogen (secondary N) is 1. The van der Waals surface area contributed by atoms with Gasteiger partial charge in [-0.2, -0.15) is 0 Å². The van der Waals surface area contributed by atoms with Gasteiger partial charge in [-0.15, -0.1) is 0 Å². The highest BCUT2D eigenvalue weighted by Gasteiger charge is 2.13. The van der Waals surface area contributed by atoms with E-state index in [-0.39, 0.29) is 11.9 Å². The molecule has 1 atom stereocenters. The first-order chi connectivity index (χ1) is 7.65. The van der Waals surface area contributed by atoms with Gasteiger partial charge in [0.15, 0.2) is 0 Å². The molecule has 1 unspecified atom stereocenters.